The molecule has 0 atom stereocenters. The van der Waals surface area contributed by atoms with Gasteiger partial charge >= 0.3 is 0 Å². The second kappa shape index (κ2) is 6.93. The van der Waals surface area contributed by atoms with Gasteiger partial charge in [-0.25, -0.2) is 9.37 Å². The van der Waals surface area contributed by atoms with Crippen LogP contribution in [0.15, 0.2) is 58.8 Å². The number of anilines is 1. The lowest BCUT2D eigenvalue weighted by Crippen LogP contribution is -2.11. The molecule has 0 aliphatic rings. The number of thiazole rings is 1. The van der Waals surface area contributed by atoms with Crippen LogP contribution in [-0.2, 0) is 0 Å². The molecule has 0 radical (unpaired) electrons. The Labute approximate surface area is 141 Å². The molecule has 0 spiro atoms. The van der Waals surface area contributed by atoms with Gasteiger partial charge in [0.2, 0.25) is 0 Å². The SMILES string of the molecule is CSc1ccc(C(=O)Nc2nc(-c3ccc(F)cc3)cs2)cc1. The molecule has 3 rings (SSSR count). The van der Waals surface area contributed by atoms with Crippen molar-refractivity contribution in [3.05, 3.63) is 65.3 Å². The molecule has 1 amide bonds. The fraction of sp³-hybridized carbons (Fsp3) is 0.0588. The van der Waals surface area contributed by atoms with E-state index in [0.29, 0.717) is 16.4 Å². The standard InChI is InChI=1S/C17H13FN2OS2/c1-22-14-8-4-12(5-9-14)16(21)20-17-19-15(10-23-17)11-2-6-13(18)7-3-11/h2-10H,1H3,(H,19,20,21). The monoisotopic (exact) mass is 344 g/mol. The van der Waals surface area contributed by atoms with E-state index in [1.54, 1.807) is 36.0 Å². The van der Waals surface area contributed by atoms with Crippen LogP contribution in [0.3, 0.4) is 0 Å². The quantitative estimate of drug-likeness (QED) is 0.683. The zero-order valence-electron chi connectivity index (χ0n) is 12.2. The van der Waals surface area contributed by atoms with Crippen molar-refractivity contribution in [1.29, 1.82) is 0 Å². The molecule has 0 saturated heterocycles. The van der Waals surface area contributed by atoms with E-state index < -0.39 is 0 Å². The first-order chi connectivity index (χ1) is 11.2. The molecule has 116 valence electrons. The molecule has 23 heavy (non-hydrogen) atoms. The third-order valence-corrected chi connectivity index (χ3v) is 4.72. The van der Waals surface area contributed by atoms with E-state index in [-0.39, 0.29) is 11.7 Å². The van der Waals surface area contributed by atoms with Crippen molar-refractivity contribution in [2.75, 3.05) is 11.6 Å². The molecule has 0 saturated carbocycles. The maximum Gasteiger partial charge on any atom is 0.257 e. The number of aromatic nitrogens is 1. The molecule has 6 heteroatoms. The zero-order valence-corrected chi connectivity index (χ0v) is 13.9. The first-order valence-electron chi connectivity index (χ1n) is 6.82. The lowest BCUT2D eigenvalue weighted by molar-refractivity contribution is 0.102. The maximum absolute atomic E-state index is 12.9. The summed E-state index contributed by atoms with van der Waals surface area (Å²) in [6.07, 6.45) is 1.99. The maximum atomic E-state index is 12.9. The van der Waals surface area contributed by atoms with Gasteiger partial charge in [-0.3, -0.25) is 10.1 Å². The van der Waals surface area contributed by atoms with E-state index in [4.69, 9.17) is 0 Å². The number of thioether (sulfide) groups is 1. The summed E-state index contributed by atoms with van der Waals surface area (Å²) >= 11 is 2.96. The van der Waals surface area contributed by atoms with Crippen LogP contribution in [0.2, 0.25) is 0 Å². The van der Waals surface area contributed by atoms with Gasteiger partial charge in [0.1, 0.15) is 5.82 Å². The lowest BCUT2D eigenvalue weighted by atomic mass is 10.2. The molecule has 0 aliphatic carbocycles. The van der Waals surface area contributed by atoms with Crippen LogP contribution in [0.4, 0.5) is 9.52 Å². The molecule has 1 aromatic heterocycles. The van der Waals surface area contributed by atoms with Crippen LogP contribution in [0.5, 0.6) is 0 Å². The molecule has 3 aromatic rings. The third kappa shape index (κ3) is 3.78. The predicted octanol–water partition coefficient (Wildman–Crippen LogP) is 4.92. The minimum Gasteiger partial charge on any atom is -0.298 e. The average Bonchev–Trinajstić information content (AvgIpc) is 3.04. The number of amides is 1. The van der Waals surface area contributed by atoms with Gasteiger partial charge in [0, 0.05) is 21.4 Å². The van der Waals surface area contributed by atoms with Gasteiger partial charge in [0.25, 0.3) is 5.91 Å². The van der Waals surface area contributed by atoms with E-state index >= 15 is 0 Å². The smallest absolute Gasteiger partial charge is 0.257 e. The Kier molecular flexibility index (Phi) is 4.73. The topological polar surface area (TPSA) is 42.0 Å². The summed E-state index contributed by atoms with van der Waals surface area (Å²) in [5.41, 5.74) is 2.11. The Morgan fingerprint density at radius 3 is 2.48 bits per heavy atom. The number of carbonyl (C=O) groups is 1. The van der Waals surface area contributed by atoms with Crippen molar-refractivity contribution < 1.29 is 9.18 Å². The van der Waals surface area contributed by atoms with Crippen molar-refractivity contribution in [1.82, 2.24) is 4.98 Å². The van der Waals surface area contributed by atoms with Crippen LogP contribution >= 0.6 is 23.1 Å². The highest BCUT2D eigenvalue weighted by molar-refractivity contribution is 7.98. The van der Waals surface area contributed by atoms with E-state index in [0.717, 1.165) is 10.5 Å². The Balaban J connectivity index is 1.73. The lowest BCUT2D eigenvalue weighted by Gasteiger charge is -2.02. The van der Waals surface area contributed by atoms with Crippen LogP contribution in [0.1, 0.15) is 10.4 Å². The molecule has 0 fully saturated rings. The van der Waals surface area contributed by atoms with Crippen LogP contribution in [0.25, 0.3) is 11.3 Å². The highest BCUT2D eigenvalue weighted by Gasteiger charge is 2.10. The largest absolute Gasteiger partial charge is 0.298 e. The molecule has 1 heterocycles. The fourth-order valence-electron chi connectivity index (χ4n) is 2.00. The van der Waals surface area contributed by atoms with Crippen molar-refractivity contribution in [2.45, 2.75) is 4.90 Å². The molecule has 2 aromatic carbocycles. The van der Waals surface area contributed by atoms with E-state index in [9.17, 15) is 9.18 Å². The van der Waals surface area contributed by atoms with Gasteiger partial charge < -0.3 is 0 Å². The number of nitrogens with zero attached hydrogens (tertiary/aromatic N) is 1. The first-order valence-corrected chi connectivity index (χ1v) is 8.93. The predicted molar refractivity (Wildman–Crippen MR) is 93.7 cm³/mol. The van der Waals surface area contributed by atoms with Gasteiger partial charge in [0.15, 0.2) is 5.13 Å². The number of rotatable bonds is 4. The summed E-state index contributed by atoms with van der Waals surface area (Å²) < 4.78 is 12.9. The number of hydrogen-bond acceptors (Lipinski definition) is 4. The zero-order chi connectivity index (χ0) is 16.2. The van der Waals surface area contributed by atoms with E-state index in [2.05, 4.69) is 10.3 Å². The van der Waals surface area contributed by atoms with Gasteiger partial charge in [-0.2, -0.15) is 0 Å². The Bertz CT molecular complexity index is 813. The van der Waals surface area contributed by atoms with Crippen molar-refractivity contribution in [3.8, 4) is 11.3 Å². The molecule has 0 bridgehead atoms. The molecular formula is C17H13FN2OS2. The summed E-state index contributed by atoms with van der Waals surface area (Å²) in [6.45, 7) is 0. The highest BCUT2D eigenvalue weighted by atomic mass is 32.2. The van der Waals surface area contributed by atoms with Crippen molar-refractivity contribution >= 4 is 34.1 Å². The first kappa shape index (κ1) is 15.7. The van der Waals surface area contributed by atoms with Crippen molar-refractivity contribution in [3.63, 3.8) is 0 Å². The number of hydrogen-bond donors (Lipinski definition) is 1. The normalized spacial score (nSPS) is 10.5. The minimum absolute atomic E-state index is 0.197. The molecule has 3 nitrogen and oxygen atoms in total. The summed E-state index contributed by atoms with van der Waals surface area (Å²) in [4.78, 5) is 17.7. The Hall–Kier alpha value is -2.18. The molecular weight excluding hydrogens is 331 g/mol. The van der Waals surface area contributed by atoms with Gasteiger partial charge in [-0.05, 0) is 54.8 Å². The molecule has 0 aliphatic heterocycles. The van der Waals surface area contributed by atoms with E-state index in [1.807, 2.05) is 23.8 Å². The van der Waals surface area contributed by atoms with Gasteiger partial charge in [0.05, 0.1) is 5.69 Å². The Morgan fingerprint density at radius 2 is 1.83 bits per heavy atom. The molecule has 1 N–H and O–H groups in total. The number of halogens is 1. The second-order valence-corrected chi connectivity index (χ2v) is 6.47. The van der Waals surface area contributed by atoms with Crippen LogP contribution in [-0.4, -0.2) is 17.1 Å². The third-order valence-electron chi connectivity index (χ3n) is 3.22. The van der Waals surface area contributed by atoms with Crippen LogP contribution in [0, 0.1) is 5.82 Å². The number of benzene rings is 2. The summed E-state index contributed by atoms with van der Waals surface area (Å²) in [7, 11) is 0. The van der Waals surface area contributed by atoms with Gasteiger partial charge in [-0.15, -0.1) is 23.1 Å². The summed E-state index contributed by atoms with van der Waals surface area (Å²) in [5.74, 6) is -0.483. The molecule has 0 unspecified atom stereocenters. The number of nitrogens with one attached hydrogen (secondary N) is 1. The van der Waals surface area contributed by atoms with Gasteiger partial charge in [-0.1, -0.05) is 0 Å². The van der Waals surface area contributed by atoms with Crippen LogP contribution < -0.4 is 5.32 Å². The Morgan fingerprint density at radius 1 is 1.13 bits per heavy atom. The van der Waals surface area contributed by atoms with E-state index in [1.165, 1.54) is 23.5 Å². The fourth-order valence-corrected chi connectivity index (χ4v) is 3.12. The second-order valence-electron chi connectivity index (χ2n) is 4.73. The number of carbonyl (C=O) groups excluding carboxylic acids is 1. The minimum atomic E-state index is -0.286. The summed E-state index contributed by atoms with van der Waals surface area (Å²) in [6, 6.07) is 13.5. The average molecular weight is 344 g/mol. The van der Waals surface area contributed by atoms with Crippen molar-refractivity contribution in [2.24, 2.45) is 0 Å². The highest BCUT2D eigenvalue weighted by Crippen LogP contribution is 2.25. The summed E-state index contributed by atoms with van der Waals surface area (Å²) in [5, 5.41) is 5.13.